The minimum absolute atomic E-state index is 0.356. The molecular weight excluding hydrogens is 226 g/mol. The number of carbonyl (C=O) groups excluding carboxylic acids is 1. The normalized spacial score (nSPS) is 10.4. The lowest BCUT2D eigenvalue weighted by molar-refractivity contribution is 0.111. The molecular formula is C14H9N3O. The lowest BCUT2D eigenvalue weighted by Crippen LogP contribution is -1.95. The molecule has 0 unspecified atom stereocenters. The van der Waals surface area contributed by atoms with Crippen molar-refractivity contribution in [1.82, 2.24) is 15.0 Å². The van der Waals surface area contributed by atoms with Crippen molar-refractivity contribution in [1.29, 1.82) is 0 Å². The first-order valence-corrected chi connectivity index (χ1v) is 5.51. The van der Waals surface area contributed by atoms with Crippen molar-refractivity contribution in [2.24, 2.45) is 0 Å². The number of para-hydroxylation sites is 1. The Morgan fingerprint density at radius 1 is 0.944 bits per heavy atom. The molecule has 3 aromatic rings. The maximum atomic E-state index is 10.7. The Labute approximate surface area is 103 Å². The van der Waals surface area contributed by atoms with Gasteiger partial charge >= 0.3 is 0 Å². The van der Waals surface area contributed by atoms with Crippen molar-refractivity contribution in [3.63, 3.8) is 0 Å². The third kappa shape index (κ3) is 1.84. The summed E-state index contributed by atoms with van der Waals surface area (Å²) in [6.07, 6.45) is 2.26. The Morgan fingerprint density at radius 3 is 2.72 bits per heavy atom. The molecule has 0 amide bonds. The summed E-state index contributed by atoms with van der Waals surface area (Å²) in [6.45, 7) is 0. The van der Waals surface area contributed by atoms with Gasteiger partial charge in [0.25, 0.3) is 0 Å². The first-order valence-electron chi connectivity index (χ1n) is 5.51. The van der Waals surface area contributed by atoms with Gasteiger partial charge in [0.15, 0.2) is 12.1 Å². The van der Waals surface area contributed by atoms with Crippen LogP contribution in [0.15, 0.2) is 48.7 Å². The largest absolute Gasteiger partial charge is 0.296 e. The fourth-order valence-corrected chi connectivity index (χ4v) is 1.75. The molecule has 0 aliphatic carbocycles. The number of pyridine rings is 1. The van der Waals surface area contributed by atoms with Crippen LogP contribution in [0.5, 0.6) is 0 Å². The van der Waals surface area contributed by atoms with Crippen molar-refractivity contribution in [3.05, 3.63) is 54.4 Å². The van der Waals surface area contributed by atoms with E-state index in [1.807, 2.05) is 36.4 Å². The minimum atomic E-state index is 0.356. The van der Waals surface area contributed by atoms with Gasteiger partial charge in [-0.25, -0.2) is 15.0 Å². The van der Waals surface area contributed by atoms with E-state index < -0.39 is 0 Å². The molecule has 4 nitrogen and oxygen atoms in total. The highest BCUT2D eigenvalue weighted by molar-refractivity contribution is 5.80. The van der Waals surface area contributed by atoms with Crippen molar-refractivity contribution in [2.45, 2.75) is 0 Å². The average Bonchev–Trinajstić information content (AvgIpc) is 2.47. The number of fused-ring (bicyclic) bond motifs is 1. The summed E-state index contributed by atoms with van der Waals surface area (Å²) in [7, 11) is 0. The summed E-state index contributed by atoms with van der Waals surface area (Å²) < 4.78 is 0. The predicted molar refractivity (Wildman–Crippen MR) is 68.2 cm³/mol. The van der Waals surface area contributed by atoms with Gasteiger partial charge in [-0.2, -0.15) is 0 Å². The van der Waals surface area contributed by atoms with Gasteiger partial charge in [-0.15, -0.1) is 0 Å². The molecule has 2 aromatic heterocycles. The SMILES string of the molecule is O=Cc1ccnc(-c2ccc3ccccc3n2)n1. The minimum Gasteiger partial charge on any atom is -0.296 e. The lowest BCUT2D eigenvalue weighted by atomic mass is 10.2. The van der Waals surface area contributed by atoms with Crippen LogP contribution >= 0.6 is 0 Å². The molecule has 0 saturated carbocycles. The van der Waals surface area contributed by atoms with Gasteiger partial charge in [0, 0.05) is 11.6 Å². The number of hydrogen-bond donors (Lipinski definition) is 0. The Hall–Kier alpha value is -2.62. The first-order chi connectivity index (χ1) is 8.86. The van der Waals surface area contributed by atoms with E-state index in [1.165, 1.54) is 0 Å². The fraction of sp³-hybridized carbons (Fsp3) is 0. The van der Waals surface area contributed by atoms with Gasteiger partial charge in [0.2, 0.25) is 0 Å². The second-order valence-corrected chi connectivity index (χ2v) is 3.81. The molecule has 1 aromatic carbocycles. The second kappa shape index (κ2) is 4.33. The van der Waals surface area contributed by atoms with E-state index >= 15 is 0 Å². The summed E-state index contributed by atoms with van der Waals surface area (Å²) in [6, 6.07) is 13.2. The van der Waals surface area contributed by atoms with E-state index in [9.17, 15) is 4.79 Å². The highest BCUT2D eigenvalue weighted by Crippen LogP contribution is 2.17. The van der Waals surface area contributed by atoms with E-state index in [4.69, 9.17) is 0 Å². The summed E-state index contributed by atoms with van der Waals surface area (Å²) in [5, 5.41) is 1.06. The smallest absolute Gasteiger partial charge is 0.178 e. The molecule has 0 spiro atoms. The lowest BCUT2D eigenvalue weighted by Gasteiger charge is -2.01. The maximum absolute atomic E-state index is 10.7. The first kappa shape index (κ1) is 10.5. The predicted octanol–water partition coefficient (Wildman–Crippen LogP) is 2.50. The van der Waals surface area contributed by atoms with E-state index in [-0.39, 0.29) is 0 Å². The van der Waals surface area contributed by atoms with Crippen LogP contribution in [0, 0.1) is 0 Å². The van der Waals surface area contributed by atoms with Gasteiger partial charge < -0.3 is 0 Å². The zero-order valence-electron chi connectivity index (χ0n) is 9.45. The fourth-order valence-electron chi connectivity index (χ4n) is 1.75. The highest BCUT2D eigenvalue weighted by Gasteiger charge is 2.04. The van der Waals surface area contributed by atoms with Gasteiger partial charge in [-0.1, -0.05) is 24.3 Å². The van der Waals surface area contributed by atoms with Gasteiger partial charge in [-0.3, -0.25) is 4.79 Å². The molecule has 0 radical (unpaired) electrons. The summed E-state index contributed by atoms with van der Waals surface area (Å²) >= 11 is 0. The standard InChI is InChI=1S/C14H9N3O/c18-9-11-7-8-15-14(16-11)13-6-5-10-3-1-2-4-12(10)17-13/h1-9H. The molecule has 0 atom stereocenters. The van der Waals surface area contributed by atoms with Crippen LogP contribution in [-0.4, -0.2) is 21.2 Å². The topological polar surface area (TPSA) is 55.7 Å². The van der Waals surface area contributed by atoms with Crippen LogP contribution in [-0.2, 0) is 0 Å². The van der Waals surface area contributed by atoms with Crippen LogP contribution in [0.4, 0.5) is 0 Å². The molecule has 18 heavy (non-hydrogen) atoms. The summed E-state index contributed by atoms with van der Waals surface area (Å²) in [5.74, 6) is 0.463. The summed E-state index contributed by atoms with van der Waals surface area (Å²) in [5.41, 5.74) is 1.91. The Bertz CT molecular complexity index is 725. The Kier molecular flexibility index (Phi) is 2.53. The average molecular weight is 235 g/mol. The van der Waals surface area contributed by atoms with E-state index in [2.05, 4.69) is 15.0 Å². The Balaban J connectivity index is 2.15. The number of rotatable bonds is 2. The van der Waals surface area contributed by atoms with Gasteiger partial charge in [0.05, 0.1) is 5.52 Å². The number of hydrogen-bond acceptors (Lipinski definition) is 4. The Morgan fingerprint density at radius 2 is 1.83 bits per heavy atom. The van der Waals surface area contributed by atoms with Crippen LogP contribution in [0.3, 0.4) is 0 Å². The monoisotopic (exact) mass is 235 g/mol. The molecule has 0 fully saturated rings. The third-order valence-electron chi connectivity index (χ3n) is 2.63. The maximum Gasteiger partial charge on any atom is 0.178 e. The van der Waals surface area contributed by atoms with Crippen molar-refractivity contribution < 1.29 is 4.79 Å². The number of carbonyl (C=O) groups is 1. The van der Waals surface area contributed by atoms with Crippen LogP contribution in [0.1, 0.15) is 10.5 Å². The van der Waals surface area contributed by atoms with Crippen molar-refractivity contribution in [3.8, 4) is 11.5 Å². The molecule has 0 aliphatic heterocycles. The zero-order chi connectivity index (χ0) is 12.4. The molecule has 86 valence electrons. The number of benzene rings is 1. The second-order valence-electron chi connectivity index (χ2n) is 3.81. The van der Waals surface area contributed by atoms with Crippen molar-refractivity contribution >= 4 is 17.2 Å². The molecule has 0 N–H and O–H groups in total. The molecule has 0 bridgehead atoms. The van der Waals surface area contributed by atoms with E-state index in [0.29, 0.717) is 23.5 Å². The highest BCUT2D eigenvalue weighted by atomic mass is 16.1. The number of aldehydes is 1. The molecule has 2 heterocycles. The third-order valence-corrected chi connectivity index (χ3v) is 2.63. The van der Waals surface area contributed by atoms with E-state index in [1.54, 1.807) is 12.3 Å². The molecule has 0 saturated heterocycles. The number of nitrogens with zero attached hydrogens (tertiary/aromatic N) is 3. The molecule has 3 rings (SSSR count). The van der Waals surface area contributed by atoms with Crippen LogP contribution in [0.2, 0.25) is 0 Å². The molecule has 4 heteroatoms. The van der Waals surface area contributed by atoms with Crippen LogP contribution < -0.4 is 0 Å². The number of aromatic nitrogens is 3. The van der Waals surface area contributed by atoms with Gasteiger partial charge in [-0.05, 0) is 18.2 Å². The quantitative estimate of drug-likeness (QED) is 0.640. The molecule has 0 aliphatic rings. The van der Waals surface area contributed by atoms with Gasteiger partial charge in [0.1, 0.15) is 11.4 Å². The van der Waals surface area contributed by atoms with Crippen LogP contribution in [0.25, 0.3) is 22.4 Å². The summed E-state index contributed by atoms with van der Waals surface area (Å²) in [4.78, 5) is 23.4. The van der Waals surface area contributed by atoms with E-state index in [0.717, 1.165) is 10.9 Å². The zero-order valence-corrected chi connectivity index (χ0v) is 9.45. The van der Waals surface area contributed by atoms with Crippen molar-refractivity contribution in [2.75, 3.05) is 0 Å².